The maximum atomic E-state index is 13.4. The number of amides is 1. The zero-order valence-electron chi connectivity index (χ0n) is 17.4. The van der Waals surface area contributed by atoms with E-state index in [-0.39, 0.29) is 17.6 Å². The first kappa shape index (κ1) is 19.8. The van der Waals surface area contributed by atoms with E-state index in [1.807, 2.05) is 35.4 Å². The van der Waals surface area contributed by atoms with E-state index in [1.54, 1.807) is 13.2 Å². The van der Waals surface area contributed by atoms with E-state index in [0.29, 0.717) is 31.8 Å². The van der Waals surface area contributed by atoms with Crippen LogP contribution in [0.1, 0.15) is 34.8 Å². The van der Waals surface area contributed by atoms with Gasteiger partial charge in [-0.25, -0.2) is 4.39 Å². The van der Waals surface area contributed by atoms with Gasteiger partial charge in [-0.1, -0.05) is 23.4 Å². The molecule has 4 aromatic rings. The van der Waals surface area contributed by atoms with Gasteiger partial charge in [0, 0.05) is 61.2 Å². The second-order valence-corrected chi connectivity index (χ2v) is 8.02. The number of benzene rings is 2. The van der Waals surface area contributed by atoms with Crippen LogP contribution in [0.15, 0.2) is 53.2 Å². The van der Waals surface area contributed by atoms with E-state index >= 15 is 0 Å². The molecule has 160 valence electrons. The first-order valence-electron chi connectivity index (χ1n) is 10.6. The second kappa shape index (κ2) is 8.15. The molecule has 0 saturated carbocycles. The molecule has 1 amide bonds. The van der Waals surface area contributed by atoms with Crippen molar-refractivity contribution in [2.24, 2.45) is 0 Å². The number of carbonyl (C=O) groups excluding carboxylic acids is 1. The minimum atomic E-state index is -0.333. The number of aromatic nitrogens is 2. The van der Waals surface area contributed by atoms with E-state index in [4.69, 9.17) is 9.26 Å². The fraction of sp³-hybridized carbons (Fsp3) is 0.333. The number of hydrogen-bond donors (Lipinski definition) is 0. The van der Waals surface area contributed by atoms with E-state index in [2.05, 4.69) is 9.72 Å². The molecule has 0 bridgehead atoms. The normalized spacial score (nSPS) is 15.2. The average Bonchev–Trinajstić information content (AvgIpc) is 3.38. The molecule has 6 nitrogen and oxygen atoms in total. The highest BCUT2D eigenvalue weighted by Crippen LogP contribution is 2.33. The number of fused-ring (bicyclic) bond motifs is 2. The maximum Gasteiger partial charge on any atom is 0.256 e. The molecule has 3 heterocycles. The van der Waals surface area contributed by atoms with Crippen molar-refractivity contribution in [2.75, 3.05) is 26.8 Å². The van der Waals surface area contributed by atoms with Gasteiger partial charge in [-0.2, -0.15) is 0 Å². The smallest absolute Gasteiger partial charge is 0.256 e. The van der Waals surface area contributed by atoms with Crippen molar-refractivity contribution in [1.82, 2.24) is 14.6 Å². The van der Waals surface area contributed by atoms with Gasteiger partial charge >= 0.3 is 0 Å². The van der Waals surface area contributed by atoms with Crippen LogP contribution in [0.25, 0.3) is 21.9 Å². The lowest BCUT2D eigenvalue weighted by atomic mass is 9.91. The molecule has 1 fully saturated rings. The van der Waals surface area contributed by atoms with Gasteiger partial charge in [0.2, 0.25) is 0 Å². The molecule has 31 heavy (non-hydrogen) atoms. The third-order valence-corrected chi connectivity index (χ3v) is 6.19. The van der Waals surface area contributed by atoms with Crippen LogP contribution >= 0.6 is 0 Å². The molecule has 0 N–H and O–H groups in total. The summed E-state index contributed by atoms with van der Waals surface area (Å²) in [4.78, 5) is 15.3. The number of methoxy groups -OCH3 is 1. The Hall–Kier alpha value is -3.19. The number of likely N-dealkylation sites (tertiary alicyclic amines) is 1. The Kier molecular flexibility index (Phi) is 5.19. The zero-order chi connectivity index (χ0) is 21.4. The van der Waals surface area contributed by atoms with Crippen LogP contribution in [-0.2, 0) is 11.3 Å². The lowest BCUT2D eigenvalue weighted by Crippen LogP contribution is -2.38. The average molecular weight is 421 g/mol. The van der Waals surface area contributed by atoms with Crippen LogP contribution in [-0.4, -0.2) is 47.3 Å². The van der Waals surface area contributed by atoms with E-state index in [9.17, 15) is 9.18 Å². The fourth-order valence-corrected chi connectivity index (χ4v) is 4.54. The number of para-hydroxylation sites is 1. The van der Waals surface area contributed by atoms with Gasteiger partial charge in [0.1, 0.15) is 5.82 Å². The number of rotatable bonds is 5. The van der Waals surface area contributed by atoms with E-state index in [1.165, 1.54) is 12.1 Å². The largest absolute Gasteiger partial charge is 0.383 e. The summed E-state index contributed by atoms with van der Waals surface area (Å²) in [6.07, 6.45) is 3.54. The molecule has 1 aliphatic heterocycles. The van der Waals surface area contributed by atoms with Crippen LogP contribution in [0.2, 0.25) is 0 Å². The van der Waals surface area contributed by atoms with Gasteiger partial charge in [0.15, 0.2) is 5.58 Å². The molecule has 1 saturated heterocycles. The van der Waals surface area contributed by atoms with Gasteiger partial charge in [-0.15, -0.1) is 0 Å². The molecule has 0 radical (unpaired) electrons. The summed E-state index contributed by atoms with van der Waals surface area (Å²) < 4.78 is 26.1. The van der Waals surface area contributed by atoms with Gasteiger partial charge < -0.3 is 18.7 Å². The van der Waals surface area contributed by atoms with E-state index < -0.39 is 0 Å². The Balaban J connectivity index is 1.34. The van der Waals surface area contributed by atoms with Crippen molar-refractivity contribution in [3.63, 3.8) is 0 Å². The Morgan fingerprint density at radius 1 is 1.19 bits per heavy atom. The number of ether oxygens (including phenoxy) is 1. The van der Waals surface area contributed by atoms with Crippen molar-refractivity contribution < 1.29 is 18.4 Å². The Labute approximate surface area is 179 Å². The summed E-state index contributed by atoms with van der Waals surface area (Å²) in [7, 11) is 1.68. The summed E-state index contributed by atoms with van der Waals surface area (Å²) >= 11 is 0. The molecular weight excluding hydrogens is 397 g/mol. The van der Waals surface area contributed by atoms with Crippen molar-refractivity contribution in [3.05, 3.63) is 65.7 Å². The quantitative estimate of drug-likeness (QED) is 0.473. The van der Waals surface area contributed by atoms with Gasteiger partial charge in [-0.05, 0) is 31.0 Å². The summed E-state index contributed by atoms with van der Waals surface area (Å²) in [5, 5.41) is 6.02. The van der Waals surface area contributed by atoms with Gasteiger partial charge in [0.25, 0.3) is 5.91 Å². The molecule has 2 aromatic carbocycles. The number of carbonyl (C=O) groups is 1. The molecule has 0 aliphatic carbocycles. The molecule has 7 heteroatoms. The van der Waals surface area contributed by atoms with Crippen molar-refractivity contribution >= 4 is 27.8 Å². The predicted octanol–water partition coefficient (Wildman–Crippen LogP) is 4.59. The number of nitrogens with zero attached hydrogens (tertiary/aromatic N) is 3. The fourth-order valence-electron chi connectivity index (χ4n) is 4.54. The van der Waals surface area contributed by atoms with Crippen LogP contribution in [0.4, 0.5) is 4.39 Å². The molecule has 0 unspecified atom stereocenters. The van der Waals surface area contributed by atoms with Crippen molar-refractivity contribution in [2.45, 2.75) is 25.3 Å². The lowest BCUT2D eigenvalue weighted by molar-refractivity contribution is 0.0713. The molecule has 0 atom stereocenters. The Morgan fingerprint density at radius 2 is 2.00 bits per heavy atom. The molecule has 2 aromatic heterocycles. The maximum absolute atomic E-state index is 13.4. The third-order valence-electron chi connectivity index (χ3n) is 6.19. The topological polar surface area (TPSA) is 60.5 Å². The molecule has 0 spiro atoms. The molecule has 5 rings (SSSR count). The van der Waals surface area contributed by atoms with Crippen molar-refractivity contribution in [3.8, 4) is 0 Å². The van der Waals surface area contributed by atoms with E-state index in [0.717, 1.165) is 40.4 Å². The number of halogens is 1. The first-order valence-corrected chi connectivity index (χ1v) is 10.6. The first-order chi connectivity index (χ1) is 15.2. The van der Waals surface area contributed by atoms with Crippen LogP contribution in [0.5, 0.6) is 0 Å². The highest BCUT2D eigenvalue weighted by molar-refractivity contribution is 6.07. The zero-order valence-corrected chi connectivity index (χ0v) is 17.4. The summed E-state index contributed by atoms with van der Waals surface area (Å²) in [6.45, 7) is 2.59. The van der Waals surface area contributed by atoms with Crippen LogP contribution < -0.4 is 0 Å². The van der Waals surface area contributed by atoms with Gasteiger partial charge in [-0.3, -0.25) is 4.79 Å². The molecule has 1 aliphatic rings. The Morgan fingerprint density at radius 3 is 2.81 bits per heavy atom. The third kappa shape index (κ3) is 3.59. The number of hydrogen-bond acceptors (Lipinski definition) is 4. The minimum Gasteiger partial charge on any atom is -0.383 e. The van der Waals surface area contributed by atoms with Crippen LogP contribution in [0, 0.1) is 5.82 Å². The summed E-state index contributed by atoms with van der Waals surface area (Å²) in [5.74, 6) is -0.0861. The standard InChI is InChI=1S/C24H24FN3O3/c1-30-13-12-28-15-20(18-4-2-3-5-21(18)28)24(29)27-10-8-16(9-11-27)23-19-7-6-17(25)14-22(19)31-26-23/h2-7,14-16H,8-13H2,1H3. The molecular formula is C24H24FN3O3. The Bertz CT molecular complexity index is 1240. The van der Waals surface area contributed by atoms with Crippen LogP contribution in [0.3, 0.4) is 0 Å². The SMILES string of the molecule is COCCn1cc(C(=O)N2CCC(c3noc4cc(F)ccc34)CC2)c2ccccc21. The number of piperidine rings is 1. The summed E-state index contributed by atoms with van der Waals surface area (Å²) in [6, 6.07) is 12.5. The second-order valence-electron chi connectivity index (χ2n) is 8.02. The lowest BCUT2D eigenvalue weighted by Gasteiger charge is -2.31. The van der Waals surface area contributed by atoms with Gasteiger partial charge in [0.05, 0.1) is 17.9 Å². The summed E-state index contributed by atoms with van der Waals surface area (Å²) in [5.41, 5.74) is 3.10. The monoisotopic (exact) mass is 421 g/mol. The highest BCUT2D eigenvalue weighted by atomic mass is 19.1. The van der Waals surface area contributed by atoms with Crippen molar-refractivity contribution in [1.29, 1.82) is 0 Å². The predicted molar refractivity (Wildman–Crippen MR) is 116 cm³/mol. The highest BCUT2D eigenvalue weighted by Gasteiger charge is 2.29. The minimum absolute atomic E-state index is 0.0536.